The fraction of sp³-hybridized carbons (Fsp3) is 0.625. The topological polar surface area (TPSA) is 32.7 Å². The number of hydrogen-bond donors (Lipinski definition) is 1. The van der Waals surface area contributed by atoms with Gasteiger partial charge in [0.15, 0.2) is 0 Å². The van der Waals surface area contributed by atoms with Crippen molar-refractivity contribution in [1.82, 2.24) is 4.90 Å². The van der Waals surface area contributed by atoms with Crippen LogP contribution in [0.25, 0.3) is 0 Å². The van der Waals surface area contributed by atoms with E-state index in [2.05, 4.69) is 11.8 Å². The Morgan fingerprint density at radius 1 is 1.21 bits per heavy atom. The molecule has 0 spiro atoms. The van der Waals surface area contributed by atoms with Crippen LogP contribution in [0.4, 0.5) is 0 Å². The molecule has 0 amide bonds. The first-order valence-corrected chi connectivity index (χ1v) is 7.39. The van der Waals surface area contributed by atoms with E-state index < -0.39 is 6.10 Å². The second-order valence-electron chi connectivity index (χ2n) is 5.93. The van der Waals surface area contributed by atoms with Crippen LogP contribution >= 0.6 is 0 Å². The predicted molar refractivity (Wildman–Crippen MR) is 75.3 cm³/mol. The molecule has 0 bridgehead atoms. The molecule has 3 heteroatoms. The summed E-state index contributed by atoms with van der Waals surface area (Å²) in [6, 6.07) is 7.96. The zero-order valence-corrected chi connectivity index (χ0v) is 11.6. The van der Waals surface area contributed by atoms with Crippen molar-refractivity contribution in [3.05, 3.63) is 29.8 Å². The standard InChI is InChI=1S/C16H23NO2/c1-12-5-4-9-17(10-8-12)14-11-19-15-7-3-2-6-13(15)16(14)18/h2-3,6-7,12,14,16,18H,4-5,8-11H2,1H3. The van der Waals surface area contributed by atoms with E-state index in [1.54, 1.807) is 0 Å². The molecule has 1 fully saturated rings. The third-order valence-electron chi connectivity index (χ3n) is 4.53. The fourth-order valence-electron chi connectivity index (χ4n) is 3.25. The SMILES string of the molecule is CC1CCCN(C2COc3ccccc3C2O)CC1. The highest BCUT2D eigenvalue weighted by atomic mass is 16.5. The maximum Gasteiger partial charge on any atom is 0.125 e. The van der Waals surface area contributed by atoms with Gasteiger partial charge in [-0.3, -0.25) is 4.90 Å². The maximum absolute atomic E-state index is 10.6. The number of nitrogens with zero attached hydrogens (tertiary/aromatic N) is 1. The highest BCUT2D eigenvalue weighted by molar-refractivity contribution is 5.37. The van der Waals surface area contributed by atoms with E-state index >= 15 is 0 Å². The van der Waals surface area contributed by atoms with Gasteiger partial charge in [0.25, 0.3) is 0 Å². The van der Waals surface area contributed by atoms with Gasteiger partial charge in [0.1, 0.15) is 18.5 Å². The first-order chi connectivity index (χ1) is 9.25. The summed E-state index contributed by atoms with van der Waals surface area (Å²) in [6.07, 6.45) is 3.34. The molecule has 2 aliphatic heterocycles. The number of para-hydroxylation sites is 1. The van der Waals surface area contributed by atoms with Gasteiger partial charge in [-0.05, 0) is 44.3 Å². The maximum atomic E-state index is 10.6. The molecule has 1 aromatic rings. The van der Waals surface area contributed by atoms with Gasteiger partial charge >= 0.3 is 0 Å². The third-order valence-corrected chi connectivity index (χ3v) is 4.53. The quantitative estimate of drug-likeness (QED) is 0.843. The van der Waals surface area contributed by atoms with Crippen LogP contribution in [0.3, 0.4) is 0 Å². The molecule has 3 rings (SSSR count). The van der Waals surface area contributed by atoms with Crippen molar-refractivity contribution in [2.24, 2.45) is 5.92 Å². The van der Waals surface area contributed by atoms with Gasteiger partial charge in [0, 0.05) is 5.56 Å². The van der Waals surface area contributed by atoms with E-state index in [0.29, 0.717) is 6.61 Å². The fourth-order valence-corrected chi connectivity index (χ4v) is 3.25. The monoisotopic (exact) mass is 261 g/mol. The molecule has 1 N–H and O–H groups in total. The summed E-state index contributed by atoms with van der Waals surface area (Å²) in [5, 5.41) is 10.6. The van der Waals surface area contributed by atoms with Crippen LogP contribution in [-0.4, -0.2) is 35.7 Å². The van der Waals surface area contributed by atoms with Crippen LogP contribution in [0.2, 0.25) is 0 Å². The number of likely N-dealkylation sites (tertiary alicyclic amines) is 1. The lowest BCUT2D eigenvalue weighted by Crippen LogP contribution is -2.46. The van der Waals surface area contributed by atoms with Gasteiger partial charge in [-0.1, -0.05) is 25.1 Å². The predicted octanol–water partition coefficient (Wildman–Crippen LogP) is 2.60. The van der Waals surface area contributed by atoms with Crippen molar-refractivity contribution < 1.29 is 9.84 Å². The van der Waals surface area contributed by atoms with Gasteiger partial charge in [-0.2, -0.15) is 0 Å². The Hall–Kier alpha value is -1.06. The van der Waals surface area contributed by atoms with Crippen LogP contribution in [0.15, 0.2) is 24.3 Å². The van der Waals surface area contributed by atoms with Crippen LogP contribution in [0.1, 0.15) is 37.9 Å². The molecule has 3 atom stereocenters. The molecule has 104 valence electrons. The van der Waals surface area contributed by atoms with E-state index in [1.807, 2.05) is 24.3 Å². The lowest BCUT2D eigenvalue weighted by Gasteiger charge is -2.37. The number of fused-ring (bicyclic) bond motifs is 1. The zero-order chi connectivity index (χ0) is 13.2. The minimum Gasteiger partial charge on any atom is -0.491 e. The summed E-state index contributed by atoms with van der Waals surface area (Å²) >= 11 is 0. The highest BCUT2D eigenvalue weighted by Gasteiger charge is 2.34. The molecule has 3 nitrogen and oxygen atoms in total. The molecular weight excluding hydrogens is 238 g/mol. The average molecular weight is 261 g/mol. The van der Waals surface area contributed by atoms with Gasteiger partial charge < -0.3 is 9.84 Å². The summed E-state index contributed by atoms with van der Waals surface area (Å²) < 4.78 is 5.83. The van der Waals surface area contributed by atoms with Crippen molar-refractivity contribution in [3.8, 4) is 5.75 Å². The molecule has 19 heavy (non-hydrogen) atoms. The smallest absolute Gasteiger partial charge is 0.125 e. The molecule has 0 radical (unpaired) electrons. The Morgan fingerprint density at radius 2 is 2.05 bits per heavy atom. The Labute approximate surface area is 115 Å². The first-order valence-electron chi connectivity index (χ1n) is 7.39. The molecule has 2 heterocycles. The second kappa shape index (κ2) is 5.51. The average Bonchev–Trinajstić information content (AvgIpc) is 2.65. The molecule has 1 saturated heterocycles. The molecular formula is C16H23NO2. The van der Waals surface area contributed by atoms with E-state index in [1.165, 1.54) is 19.3 Å². The Kier molecular flexibility index (Phi) is 3.76. The molecule has 0 saturated carbocycles. The van der Waals surface area contributed by atoms with Crippen molar-refractivity contribution >= 4 is 0 Å². The molecule has 0 aromatic heterocycles. The number of aliphatic hydroxyl groups excluding tert-OH is 1. The van der Waals surface area contributed by atoms with Crippen LogP contribution in [0, 0.1) is 5.92 Å². The normalized spacial score (nSPS) is 32.2. The van der Waals surface area contributed by atoms with Crippen molar-refractivity contribution in [2.75, 3.05) is 19.7 Å². The number of rotatable bonds is 1. The number of hydrogen-bond acceptors (Lipinski definition) is 3. The van der Waals surface area contributed by atoms with E-state index in [9.17, 15) is 5.11 Å². The summed E-state index contributed by atoms with van der Waals surface area (Å²) in [6.45, 7) is 5.09. The Morgan fingerprint density at radius 3 is 2.95 bits per heavy atom. The summed E-state index contributed by atoms with van der Waals surface area (Å²) in [4.78, 5) is 2.42. The van der Waals surface area contributed by atoms with Crippen LogP contribution in [0.5, 0.6) is 5.75 Å². The summed E-state index contributed by atoms with van der Waals surface area (Å²) in [7, 11) is 0. The van der Waals surface area contributed by atoms with Crippen molar-refractivity contribution in [1.29, 1.82) is 0 Å². The molecule has 0 aliphatic carbocycles. The Balaban J connectivity index is 1.76. The largest absolute Gasteiger partial charge is 0.491 e. The van der Waals surface area contributed by atoms with Gasteiger partial charge in [0.2, 0.25) is 0 Å². The number of ether oxygens (including phenoxy) is 1. The van der Waals surface area contributed by atoms with Gasteiger partial charge in [-0.25, -0.2) is 0 Å². The van der Waals surface area contributed by atoms with Gasteiger partial charge in [0.05, 0.1) is 6.04 Å². The lowest BCUT2D eigenvalue weighted by molar-refractivity contribution is 0.00448. The molecule has 3 unspecified atom stereocenters. The summed E-state index contributed by atoms with van der Waals surface area (Å²) in [5.74, 6) is 1.65. The number of aliphatic hydroxyl groups is 1. The second-order valence-corrected chi connectivity index (χ2v) is 5.93. The zero-order valence-electron chi connectivity index (χ0n) is 11.6. The van der Waals surface area contributed by atoms with E-state index in [-0.39, 0.29) is 6.04 Å². The number of benzene rings is 1. The van der Waals surface area contributed by atoms with E-state index in [4.69, 9.17) is 4.74 Å². The highest BCUT2D eigenvalue weighted by Crippen LogP contribution is 2.34. The minimum absolute atomic E-state index is 0.111. The van der Waals surface area contributed by atoms with Crippen molar-refractivity contribution in [3.63, 3.8) is 0 Å². The molecule has 2 aliphatic rings. The van der Waals surface area contributed by atoms with Crippen LogP contribution in [-0.2, 0) is 0 Å². The third kappa shape index (κ3) is 2.63. The minimum atomic E-state index is -0.418. The lowest BCUT2D eigenvalue weighted by atomic mass is 9.97. The van der Waals surface area contributed by atoms with Gasteiger partial charge in [-0.15, -0.1) is 0 Å². The first kappa shape index (κ1) is 12.9. The Bertz CT molecular complexity index is 435. The summed E-state index contributed by atoms with van der Waals surface area (Å²) in [5.41, 5.74) is 0.941. The van der Waals surface area contributed by atoms with E-state index in [0.717, 1.165) is 30.3 Å². The van der Waals surface area contributed by atoms with Crippen LogP contribution < -0.4 is 4.74 Å². The molecule has 1 aromatic carbocycles. The van der Waals surface area contributed by atoms with Crippen molar-refractivity contribution in [2.45, 2.75) is 38.3 Å².